The van der Waals surface area contributed by atoms with E-state index in [4.69, 9.17) is 5.73 Å². The van der Waals surface area contributed by atoms with Gasteiger partial charge in [-0.1, -0.05) is 27.2 Å². The van der Waals surface area contributed by atoms with E-state index >= 15 is 0 Å². The molecular formula is C15H30N2S. The van der Waals surface area contributed by atoms with E-state index in [-0.39, 0.29) is 0 Å². The summed E-state index contributed by atoms with van der Waals surface area (Å²) in [6, 6.07) is 1.41. The van der Waals surface area contributed by atoms with Crippen LogP contribution in [-0.4, -0.2) is 41.6 Å². The molecule has 2 aliphatic rings. The Morgan fingerprint density at radius 2 is 2.17 bits per heavy atom. The molecule has 3 atom stereocenters. The SMILES string of the molecule is CCC1CCN(C2CSCC(C)(C)C2)C(CN)C1. The van der Waals surface area contributed by atoms with Crippen molar-refractivity contribution in [2.24, 2.45) is 17.1 Å². The van der Waals surface area contributed by atoms with Crippen LogP contribution in [0, 0.1) is 11.3 Å². The summed E-state index contributed by atoms with van der Waals surface area (Å²) >= 11 is 2.14. The lowest BCUT2D eigenvalue weighted by molar-refractivity contribution is 0.0590. The number of likely N-dealkylation sites (tertiary alicyclic amines) is 1. The number of piperidine rings is 1. The zero-order valence-corrected chi connectivity index (χ0v) is 13.1. The Morgan fingerprint density at radius 1 is 1.39 bits per heavy atom. The van der Waals surface area contributed by atoms with E-state index in [0.717, 1.165) is 18.5 Å². The summed E-state index contributed by atoms with van der Waals surface area (Å²) in [6.45, 7) is 9.29. The normalized spacial score (nSPS) is 37.7. The first-order chi connectivity index (χ1) is 8.55. The molecule has 2 aliphatic heterocycles. The first-order valence-corrected chi connectivity index (χ1v) is 8.74. The minimum Gasteiger partial charge on any atom is -0.329 e. The molecule has 2 fully saturated rings. The smallest absolute Gasteiger partial charge is 0.0224 e. The lowest BCUT2D eigenvalue weighted by atomic mass is 9.83. The first kappa shape index (κ1) is 14.7. The van der Waals surface area contributed by atoms with Crippen molar-refractivity contribution in [2.45, 2.75) is 58.5 Å². The molecule has 0 saturated carbocycles. The zero-order valence-electron chi connectivity index (χ0n) is 12.3. The molecule has 0 aromatic rings. The molecule has 0 amide bonds. The van der Waals surface area contributed by atoms with E-state index in [1.165, 1.54) is 43.7 Å². The van der Waals surface area contributed by atoms with Gasteiger partial charge in [-0.15, -0.1) is 0 Å². The molecule has 0 radical (unpaired) electrons. The van der Waals surface area contributed by atoms with Gasteiger partial charge in [0.05, 0.1) is 0 Å². The van der Waals surface area contributed by atoms with Crippen molar-refractivity contribution >= 4 is 11.8 Å². The fourth-order valence-corrected chi connectivity index (χ4v) is 5.05. The van der Waals surface area contributed by atoms with Crippen LogP contribution in [0.1, 0.15) is 46.5 Å². The zero-order chi connectivity index (χ0) is 13.2. The molecule has 3 unspecified atom stereocenters. The molecule has 2 saturated heterocycles. The summed E-state index contributed by atoms with van der Waals surface area (Å²) in [5.41, 5.74) is 6.54. The van der Waals surface area contributed by atoms with Gasteiger partial charge in [-0.3, -0.25) is 4.90 Å². The average molecular weight is 270 g/mol. The number of nitrogens with zero attached hydrogens (tertiary/aromatic N) is 1. The van der Waals surface area contributed by atoms with E-state index in [2.05, 4.69) is 37.4 Å². The van der Waals surface area contributed by atoms with Gasteiger partial charge >= 0.3 is 0 Å². The minimum atomic E-state index is 0.508. The molecule has 0 bridgehead atoms. The molecule has 0 aliphatic carbocycles. The number of thioether (sulfide) groups is 1. The molecule has 106 valence electrons. The van der Waals surface area contributed by atoms with Gasteiger partial charge in [-0.2, -0.15) is 11.8 Å². The van der Waals surface area contributed by atoms with Crippen molar-refractivity contribution in [1.82, 2.24) is 4.90 Å². The Morgan fingerprint density at radius 3 is 2.78 bits per heavy atom. The van der Waals surface area contributed by atoms with Crippen molar-refractivity contribution in [3.05, 3.63) is 0 Å². The summed E-state index contributed by atoms with van der Waals surface area (Å²) < 4.78 is 0. The number of rotatable bonds is 3. The summed E-state index contributed by atoms with van der Waals surface area (Å²) in [4.78, 5) is 2.75. The van der Waals surface area contributed by atoms with Crippen LogP contribution in [0.25, 0.3) is 0 Å². The first-order valence-electron chi connectivity index (χ1n) is 7.59. The summed E-state index contributed by atoms with van der Waals surface area (Å²) in [7, 11) is 0. The lowest BCUT2D eigenvalue weighted by Crippen LogP contribution is -2.54. The van der Waals surface area contributed by atoms with Gasteiger partial charge in [0.2, 0.25) is 0 Å². The largest absolute Gasteiger partial charge is 0.329 e. The topological polar surface area (TPSA) is 29.3 Å². The second-order valence-electron chi connectivity index (χ2n) is 6.96. The highest BCUT2D eigenvalue weighted by Crippen LogP contribution is 2.38. The Labute approximate surface area is 117 Å². The van der Waals surface area contributed by atoms with Crippen molar-refractivity contribution in [3.8, 4) is 0 Å². The molecule has 2 N–H and O–H groups in total. The van der Waals surface area contributed by atoms with E-state index < -0.39 is 0 Å². The van der Waals surface area contributed by atoms with Gasteiger partial charge in [0, 0.05) is 24.4 Å². The van der Waals surface area contributed by atoms with E-state index in [1.807, 2.05) is 0 Å². The molecule has 0 spiro atoms. The van der Waals surface area contributed by atoms with Crippen LogP contribution in [0.2, 0.25) is 0 Å². The quantitative estimate of drug-likeness (QED) is 0.855. The maximum absolute atomic E-state index is 6.04. The fraction of sp³-hybridized carbons (Fsp3) is 1.00. The Balaban J connectivity index is 1.98. The maximum Gasteiger partial charge on any atom is 0.0224 e. The third-order valence-corrected chi connectivity index (χ3v) is 6.39. The summed E-state index contributed by atoms with van der Waals surface area (Å²) in [5.74, 6) is 3.55. The van der Waals surface area contributed by atoms with Crippen LogP contribution >= 0.6 is 11.8 Å². The van der Waals surface area contributed by atoms with Gasteiger partial charge in [-0.25, -0.2) is 0 Å². The average Bonchev–Trinajstić information content (AvgIpc) is 2.36. The van der Waals surface area contributed by atoms with Crippen LogP contribution in [0.3, 0.4) is 0 Å². The van der Waals surface area contributed by atoms with E-state index in [1.54, 1.807) is 0 Å². The van der Waals surface area contributed by atoms with E-state index in [0.29, 0.717) is 11.5 Å². The van der Waals surface area contributed by atoms with Crippen LogP contribution < -0.4 is 5.73 Å². The second kappa shape index (κ2) is 6.15. The summed E-state index contributed by atoms with van der Waals surface area (Å²) in [5, 5.41) is 0. The van der Waals surface area contributed by atoms with Crippen molar-refractivity contribution in [3.63, 3.8) is 0 Å². The highest BCUT2D eigenvalue weighted by Gasteiger charge is 2.36. The molecule has 2 heterocycles. The van der Waals surface area contributed by atoms with Crippen LogP contribution in [0.4, 0.5) is 0 Å². The molecule has 0 aromatic carbocycles. The van der Waals surface area contributed by atoms with Crippen LogP contribution in [-0.2, 0) is 0 Å². The van der Waals surface area contributed by atoms with Crippen molar-refractivity contribution < 1.29 is 0 Å². The highest BCUT2D eigenvalue weighted by molar-refractivity contribution is 7.99. The highest BCUT2D eigenvalue weighted by atomic mass is 32.2. The van der Waals surface area contributed by atoms with Gasteiger partial charge in [-0.05, 0) is 42.9 Å². The maximum atomic E-state index is 6.04. The predicted octanol–water partition coefficient (Wildman–Crippen LogP) is 2.97. The Bertz CT molecular complexity index is 267. The molecule has 18 heavy (non-hydrogen) atoms. The molecule has 0 aromatic heterocycles. The molecule has 2 rings (SSSR count). The lowest BCUT2D eigenvalue weighted by Gasteiger charge is -2.47. The Kier molecular flexibility index (Phi) is 5.01. The third kappa shape index (κ3) is 3.43. The molecular weight excluding hydrogens is 240 g/mol. The van der Waals surface area contributed by atoms with Gasteiger partial charge in [0.1, 0.15) is 0 Å². The summed E-state index contributed by atoms with van der Waals surface area (Å²) in [6.07, 6.45) is 5.39. The molecule has 3 heteroatoms. The fourth-order valence-electron chi connectivity index (χ4n) is 3.68. The predicted molar refractivity (Wildman–Crippen MR) is 82.1 cm³/mol. The van der Waals surface area contributed by atoms with Crippen molar-refractivity contribution in [1.29, 1.82) is 0 Å². The van der Waals surface area contributed by atoms with Crippen molar-refractivity contribution in [2.75, 3.05) is 24.6 Å². The number of hydrogen-bond donors (Lipinski definition) is 1. The molecule has 2 nitrogen and oxygen atoms in total. The minimum absolute atomic E-state index is 0.508. The third-order valence-electron chi connectivity index (χ3n) is 4.78. The van der Waals surface area contributed by atoms with E-state index in [9.17, 15) is 0 Å². The van der Waals surface area contributed by atoms with Gasteiger partial charge in [0.25, 0.3) is 0 Å². The number of hydrogen-bond acceptors (Lipinski definition) is 3. The van der Waals surface area contributed by atoms with Gasteiger partial charge in [0.15, 0.2) is 0 Å². The monoisotopic (exact) mass is 270 g/mol. The second-order valence-corrected chi connectivity index (χ2v) is 7.99. The van der Waals surface area contributed by atoms with Crippen LogP contribution in [0.15, 0.2) is 0 Å². The Hall–Kier alpha value is 0.270. The van der Waals surface area contributed by atoms with Crippen LogP contribution in [0.5, 0.6) is 0 Å². The standard InChI is InChI=1S/C15H30N2S/c1-4-12-5-6-17(13(7-12)9-16)14-8-15(2,3)11-18-10-14/h12-14H,4-11,16H2,1-3H3. The number of nitrogens with two attached hydrogens (primary N) is 1. The van der Waals surface area contributed by atoms with Gasteiger partial charge < -0.3 is 5.73 Å².